The van der Waals surface area contributed by atoms with Crippen LogP contribution in [0.5, 0.6) is 5.75 Å². The molecule has 0 spiro atoms. The maximum atomic E-state index is 11.7. The van der Waals surface area contributed by atoms with Crippen LogP contribution in [-0.4, -0.2) is 29.4 Å². The lowest BCUT2D eigenvalue weighted by Crippen LogP contribution is -2.39. The van der Waals surface area contributed by atoms with Crippen molar-refractivity contribution in [3.05, 3.63) is 52.0 Å². The summed E-state index contributed by atoms with van der Waals surface area (Å²) in [4.78, 5) is 27.5. The van der Waals surface area contributed by atoms with Crippen LogP contribution >= 0.6 is 11.3 Å². The van der Waals surface area contributed by atoms with E-state index in [0.29, 0.717) is 6.61 Å². The average Bonchev–Trinajstić information content (AvgIpc) is 3.02. The highest BCUT2D eigenvalue weighted by Gasteiger charge is 2.04. The van der Waals surface area contributed by atoms with Gasteiger partial charge in [-0.1, -0.05) is 12.1 Å². The van der Waals surface area contributed by atoms with E-state index in [0.717, 1.165) is 22.0 Å². The fraction of sp³-hybridized carbons (Fsp3) is 0.316. The van der Waals surface area contributed by atoms with Crippen molar-refractivity contribution in [1.82, 2.24) is 15.6 Å². The zero-order valence-electron chi connectivity index (χ0n) is 15.1. The molecule has 138 valence electrons. The number of carbonyl (C=O) groups is 2. The number of aryl methyl sites for hydroxylation is 1. The predicted molar refractivity (Wildman–Crippen MR) is 103 cm³/mol. The Hall–Kier alpha value is -2.67. The molecule has 6 nitrogen and oxygen atoms in total. The van der Waals surface area contributed by atoms with Crippen LogP contribution in [0.25, 0.3) is 6.08 Å². The number of carbonyl (C=O) groups excluding carboxylic acids is 2. The van der Waals surface area contributed by atoms with E-state index in [-0.39, 0.29) is 24.4 Å². The number of hydrogen-bond acceptors (Lipinski definition) is 5. The Kier molecular flexibility index (Phi) is 7.35. The van der Waals surface area contributed by atoms with Gasteiger partial charge in [-0.3, -0.25) is 9.59 Å². The van der Waals surface area contributed by atoms with Crippen LogP contribution in [-0.2, 0) is 16.2 Å². The topological polar surface area (TPSA) is 80.3 Å². The molecule has 2 rings (SSSR count). The lowest BCUT2D eigenvalue weighted by Gasteiger charge is -2.08. The molecule has 0 saturated carbocycles. The lowest BCUT2D eigenvalue weighted by atomic mass is 10.2. The Labute approximate surface area is 157 Å². The summed E-state index contributed by atoms with van der Waals surface area (Å²) in [7, 11) is 0. The molecular weight excluding hydrogens is 350 g/mol. The summed E-state index contributed by atoms with van der Waals surface area (Å²) in [5.41, 5.74) is 1.78. The van der Waals surface area contributed by atoms with Crippen LogP contribution in [0.4, 0.5) is 0 Å². The Bertz CT molecular complexity index is 767. The first-order valence-electron chi connectivity index (χ1n) is 8.31. The van der Waals surface area contributed by atoms with Gasteiger partial charge in [0.15, 0.2) is 0 Å². The van der Waals surface area contributed by atoms with E-state index < -0.39 is 0 Å². The molecule has 1 aromatic carbocycles. The van der Waals surface area contributed by atoms with Gasteiger partial charge < -0.3 is 15.4 Å². The third-order valence-electron chi connectivity index (χ3n) is 3.23. The molecule has 0 radical (unpaired) electrons. The molecule has 0 aliphatic heterocycles. The van der Waals surface area contributed by atoms with Gasteiger partial charge in [-0.05, 0) is 44.5 Å². The fourth-order valence-corrected chi connectivity index (χ4v) is 2.68. The first kappa shape index (κ1) is 19.7. The molecule has 0 aliphatic rings. The van der Waals surface area contributed by atoms with E-state index in [9.17, 15) is 9.59 Å². The molecule has 0 saturated heterocycles. The molecule has 0 unspecified atom stereocenters. The van der Waals surface area contributed by atoms with Gasteiger partial charge in [-0.2, -0.15) is 0 Å². The van der Waals surface area contributed by atoms with Crippen LogP contribution in [0.2, 0.25) is 0 Å². The Balaban J connectivity index is 1.77. The minimum atomic E-state index is -0.317. The van der Waals surface area contributed by atoms with Crippen molar-refractivity contribution in [2.24, 2.45) is 0 Å². The van der Waals surface area contributed by atoms with Gasteiger partial charge in [0.25, 0.3) is 0 Å². The number of rotatable bonds is 8. The van der Waals surface area contributed by atoms with E-state index >= 15 is 0 Å². The number of nitrogens with one attached hydrogen (secondary N) is 2. The zero-order chi connectivity index (χ0) is 18.9. The molecule has 7 heteroatoms. The van der Waals surface area contributed by atoms with Crippen LogP contribution < -0.4 is 15.4 Å². The summed E-state index contributed by atoms with van der Waals surface area (Å²) in [6.45, 7) is 6.09. The third-order valence-corrected chi connectivity index (χ3v) is 4.06. The predicted octanol–water partition coefficient (Wildman–Crippen LogP) is 2.68. The number of amides is 2. The van der Waals surface area contributed by atoms with Gasteiger partial charge in [-0.25, -0.2) is 4.98 Å². The third kappa shape index (κ3) is 7.06. The van der Waals surface area contributed by atoms with Crippen molar-refractivity contribution >= 4 is 29.2 Å². The molecule has 0 atom stereocenters. The van der Waals surface area contributed by atoms with E-state index in [1.165, 1.54) is 6.08 Å². The number of thiazole rings is 1. The summed E-state index contributed by atoms with van der Waals surface area (Å²) in [5, 5.41) is 8.25. The summed E-state index contributed by atoms with van der Waals surface area (Å²) < 4.78 is 5.68. The van der Waals surface area contributed by atoms with Gasteiger partial charge in [-0.15, -0.1) is 11.3 Å². The molecule has 0 fully saturated rings. The number of ether oxygens (including phenoxy) is 1. The maximum absolute atomic E-state index is 11.7. The molecule has 1 aromatic heterocycles. The average molecular weight is 373 g/mol. The summed E-state index contributed by atoms with van der Waals surface area (Å²) in [6, 6.07) is 7.45. The van der Waals surface area contributed by atoms with Crippen molar-refractivity contribution in [3.8, 4) is 5.75 Å². The van der Waals surface area contributed by atoms with Crippen molar-refractivity contribution in [2.45, 2.75) is 33.4 Å². The Morgan fingerprint density at radius 3 is 2.62 bits per heavy atom. The zero-order valence-corrected chi connectivity index (χ0v) is 15.9. The second-order valence-electron chi connectivity index (χ2n) is 5.99. The minimum absolute atomic E-state index is 0.0375. The summed E-state index contributed by atoms with van der Waals surface area (Å²) >= 11 is 1.60. The molecule has 0 aliphatic carbocycles. The van der Waals surface area contributed by atoms with Crippen molar-refractivity contribution < 1.29 is 14.3 Å². The van der Waals surface area contributed by atoms with Gasteiger partial charge >= 0.3 is 0 Å². The van der Waals surface area contributed by atoms with Gasteiger partial charge in [0.05, 0.1) is 17.2 Å². The Morgan fingerprint density at radius 2 is 2.00 bits per heavy atom. The lowest BCUT2D eigenvalue weighted by molar-refractivity contribution is -0.124. The first-order chi connectivity index (χ1) is 12.4. The molecule has 0 bridgehead atoms. The largest absolute Gasteiger partial charge is 0.487 e. The van der Waals surface area contributed by atoms with E-state index in [1.807, 2.05) is 50.4 Å². The molecular formula is C19H23N3O3S. The standard InChI is InChI=1S/C19H23N3O3S/c1-13(2)21-19(24)10-20-18(23)9-6-15-4-7-17(8-5-15)25-11-16-12-26-14(3)22-16/h4-9,12-13H,10-11H2,1-3H3,(H,20,23)(H,21,24). The monoisotopic (exact) mass is 373 g/mol. The Morgan fingerprint density at radius 1 is 1.27 bits per heavy atom. The first-order valence-corrected chi connectivity index (χ1v) is 9.19. The number of nitrogens with zero attached hydrogens (tertiary/aromatic N) is 1. The molecule has 2 amide bonds. The quantitative estimate of drug-likeness (QED) is 0.697. The second-order valence-corrected chi connectivity index (χ2v) is 7.05. The van der Waals surface area contributed by atoms with Gasteiger partial charge in [0.2, 0.25) is 11.8 Å². The SMILES string of the molecule is Cc1nc(COc2ccc(C=CC(=O)NCC(=O)NC(C)C)cc2)cs1. The van der Waals surface area contributed by atoms with Gasteiger partial charge in [0.1, 0.15) is 12.4 Å². The van der Waals surface area contributed by atoms with Crippen LogP contribution in [0.15, 0.2) is 35.7 Å². The summed E-state index contributed by atoms with van der Waals surface area (Å²) in [5.74, 6) is 0.212. The van der Waals surface area contributed by atoms with Gasteiger partial charge in [0, 0.05) is 17.5 Å². The number of hydrogen-bond donors (Lipinski definition) is 2. The summed E-state index contributed by atoms with van der Waals surface area (Å²) in [6.07, 6.45) is 3.08. The minimum Gasteiger partial charge on any atom is -0.487 e. The number of aromatic nitrogens is 1. The molecule has 2 N–H and O–H groups in total. The molecule has 26 heavy (non-hydrogen) atoms. The second kappa shape index (κ2) is 9.72. The fourth-order valence-electron chi connectivity index (χ4n) is 2.08. The number of benzene rings is 1. The highest BCUT2D eigenvalue weighted by atomic mass is 32.1. The molecule has 1 heterocycles. The van der Waals surface area contributed by atoms with Crippen molar-refractivity contribution in [2.75, 3.05) is 6.54 Å². The maximum Gasteiger partial charge on any atom is 0.244 e. The highest BCUT2D eigenvalue weighted by molar-refractivity contribution is 7.09. The van der Waals surface area contributed by atoms with Crippen LogP contribution in [0.1, 0.15) is 30.1 Å². The van der Waals surface area contributed by atoms with Crippen LogP contribution in [0, 0.1) is 6.92 Å². The smallest absolute Gasteiger partial charge is 0.244 e. The molecule has 2 aromatic rings. The van der Waals surface area contributed by atoms with Crippen molar-refractivity contribution in [3.63, 3.8) is 0 Å². The van der Waals surface area contributed by atoms with Crippen molar-refractivity contribution in [1.29, 1.82) is 0 Å². The normalized spacial score (nSPS) is 10.9. The van der Waals surface area contributed by atoms with Crippen LogP contribution in [0.3, 0.4) is 0 Å². The van der Waals surface area contributed by atoms with E-state index in [1.54, 1.807) is 17.4 Å². The highest BCUT2D eigenvalue weighted by Crippen LogP contribution is 2.16. The van der Waals surface area contributed by atoms with E-state index in [4.69, 9.17) is 4.74 Å². The van der Waals surface area contributed by atoms with E-state index in [2.05, 4.69) is 15.6 Å².